The Morgan fingerprint density at radius 2 is 2.38 bits per heavy atom. The second kappa shape index (κ2) is 4.50. The number of hydrogen-bond donors (Lipinski definition) is 2. The van der Waals surface area contributed by atoms with Gasteiger partial charge in [-0.1, -0.05) is 12.1 Å². The highest BCUT2D eigenvalue weighted by molar-refractivity contribution is 5.48. The topological polar surface area (TPSA) is 50.9 Å². The summed E-state index contributed by atoms with van der Waals surface area (Å²) in [6.45, 7) is 6.50. The van der Waals surface area contributed by atoms with E-state index in [9.17, 15) is 0 Å². The van der Waals surface area contributed by atoms with Crippen LogP contribution in [-0.2, 0) is 0 Å². The summed E-state index contributed by atoms with van der Waals surface area (Å²) in [5, 5.41) is 3.19. The Kier molecular flexibility index (Phi) is 3.31. The molecule has 0 atom stereocenters. The maximum atomic E-state index is 5.56. The molecule has 1 aromatic heterocycles. The fourth-order valence-electron chi connectivity index (χ4n) is 1.02. The zero-order valence-corrected chi connectivity index (χ0v) is 7.88. The van der Waals surface area contributed by atoms with Gasteiger partial charge in [0.15, 0.2) is 0 Å². The lowest BCUT2D eigenvalue weighted by molar-refractivity contribution is 1.04. The Morgan fingerprint density at radius 3 is 3.08 bits per heavy atom. The number of aryl methyl sites for hydroxylation is 1. The summed E-state index contributed by atoms with van der Waals surface area (Å²) in [7, 11) is 0. The molecule has 0 aliphatic carbocycles. The molecule has 1 heterocycles. The second-order valence-electron chi connectivity index (χ2n) is 2.91. The summed E-state index contributed by atoms with van der Waals surface area (Å²) in [6.07, 6.45) is 2.80. The largest absolute Gasteiger partial charge is 0.384 e. The van der Waals surface area contributed by atoms with Crippen molar-refractivity contribution in [1.29, 1.82) is 0 Å². The number of nitrogen functional groups attached to an aromatic ring is 1. The summed E-state index contributed by atoms with van der Waals surface area (Å²) in [4.78, 5) is 4.18. The molecule has 0 saturated heterocycles. The van der Waals surface area contributed by atoms with E-state index in [0.29, 0.717) is 5.82 Å². The van der Waals surface area contributed by atoms with Gasteiger partial charge in [-0.3, -0.25) is 0 Å². The number of aromatic nitrogens is 1. The van der Waals surface area contributed by atoms with E-state index >= 15 is 0 Å². The maximum Gasteiger partial charge on any atom is 0.131 e. The molecule has 0 amide bonds. The molecule has 1 rings (SSSR count). The van der Waals surface area contributed by atoms with Crippen molar-refractivity contribution in [3.63, 3.8) is 0 Å². The molecule has 0 aromatic carbocycles. The zero-order chi connectivity index (χ0) is 9.68. The summed E-state index contributed by atoms with van der Waals surface area (Å²) < 4.78 is 0. The molecule has 3 nitrogen and oxygen atoms in total. The standard InChI is InChI=1S/C10H15N3/c1-3-4-7-12-10-8(2)5-6-9(11)13-10/h3,5-6H,1,4,7H2,2H3,(H3,11,12,13). The van der Waals surface area contributed by atoms with Gasteiger partial charge in [-0.2, -0.15) is 0 Å². The first-order valence-electron chi connectivity index (χ1n) is 4.32. The van der Waals surface area contributed by atoms with E-state index in [1.807, 2.05) is 19.1 Å². The average Bonchev–Trinajstić information content (AvgIpc) is 2.11. The number of anilines is 2. The van der Waals surface area contributed by atoms with E-state index in [0.717, 1.165) is 24.3 Å². The minimum absolute atomic E-state index is 0.548. The quantitative estimate of drug-likeness (QED) is 0.546. The lowest BCUT2D eigenvalue weighted by Crippen LogP contribution is -2.05. The van der Waals surface area contributed by atoms with Gasteiger partial charge in [0.1, 0.15) is 11.6 Å². The van der Waals surface area contributed by atoms with Crippen LogP contribution < -0.4 is 11.1 Å². The highest BCUT2D eigenvalue weighted by Crippen LogP contribution is 2.12. The molecule has 3 heteroatoms. The molecule has 0 spiro atoms. The normalized spacial score (nSPS) is 9.62. The average molecular weight is 177 g/mol. The molecular formula is C10H15N3. The van der Waals surface area contributed by atoms with Crippen molar-refractivity contribution in [3.8, 4) is 0 Å². The molecule has 0 bridgehead atoms. The molecule has 0 aliphatic rings. The first kappa shape index (κ1) is 9.58. The van der Waals surface area contributed by atoms with Crippen LogP contribution in [-0.4, -0.2) is 11.5 Å². The van der Waals surface area contributed by atoms with E-state index in [1.54, 1.807) is 6.07 Å². The van der Waals surface area contributed by atoms with Crippen LogP contribution in [0.5, 0.6) is 0 Å². The van der Waals surface area contributed by atoms with Gasteiger partial charge in [0, 0.05) is 6.54 Å². The maximum absolute atomic E-state index is 5.56. The van der Waals surface area contributed by atoms with Crippen molar-refractivity contribution in [2.45, 2.75) is 13.3 Å². The molecule has 1 aromatic rings. The number of nitrogens with one attached hydrogen (secondary N) is 1. The molecular weight excluding hydrogens is 162 g/mol. The fourth-order valence-corrected chi connectivity index (χ4v) is 1.02. The third-order valence-electron chi connectivity index (χ3n) is 1.76. The van der Waals surface area contributed by atoms with Crippen molar-refractivity contribution >= 4 is 11.6 Å². The number of pyridine rings is 1. The van der Waals surface area contributed by atoms with Crippen molar-refractivity contribution in [3.05, 3.63) is 30.4 Å². The minimum atomic E-state index is 0.548. The van der Waals surface area contributed by atoms with Crippen LogP contribution in [0.2, 0.25) is 0 Å². The summed E-state index contributed by atoms with van der Waals surface area (Å²) in [5.41, 5.74) is 6.67. The highest BCUT2D eigenvalue weighted by atomic mass is 15.0. The third-order valence-corrected chi connectivity index (χ3v) is 1.76. The monoisotopic (exact) mass is 177 g/mol. The van der Waals surface area contributed by atoms with E-state index in [1.165, 1.54) is 0 Å². The van der Waals surface area contributed by atoms with Gasteiger partial charge in [-0.15, -0.1) is 6.58 Å². The lowest BCUT2D eigenvalue weighted by atomic mass is 10.3. The van der Waals surface area contributed by atoms with E-state index in [4.69, 9.17) is 5.73 Å². The van der Waals surface area contributed by atoms with Gasteiger partial charge in [-0.25, -0.2) is 4.98 Å². The summed E-state index contributed by atoms with van der Waals surface area (Å²) in [5.74, 6) is 1.41. The van der Waals surface area contributed by atoms with Gasteiger partial charge in [0.05, 0.1) is 0 Å². The zero-order valence-electron chi connectivity index (χ0n) is 7.88. The van der Waals surface area contributed by atoms with Crippen molar-refractivity contribution in [1.82, 2.24) is 4.98 Å². The van der Waals surface area contributed by atoms with Crippen LogP contribution in [0.4, 0.5) is 11.6 Å². The minimum Gasteiger partial charge on any atom is -0.384 e. The first-order valence-corrected chi connectivity index (χ1v) is 4.32. The molecule has 0 unspecified atom stereocenters. The Balaban J connectivity index is 2.64. The van der Waals surface area contributed by atoms with Gasteiger partial charge >= 0.3 is 0 Å². The molecule has 0 radical (unpaired) electrons. The number of nitrogens with two attached hydrogens (primary N) is 1. The smallest absolute Gasteiger partial charge is 0.131 e. The molecule has 0 saturated carbocycles. The third kappa shape index (κ3) is 2.78. The highest BCUT2D eigenvalue weighted by Gasteiger charge is 1.98. The summed E-state index contributed by atoms with van der Waals surface area (Å²) >= 11 is 0. The Bertz CT molecular complexity index is 294. The van der Waals surface area contributed by atoms with Crippen LogP contribution in [0.15, 0.2) is 24.8 Å². The molecule has 0 fully saturated rings. The number of rotatable bonds is 4. The van der Waals surface area contributed by atoms with Crippen molar-refractivity contribution in [2.75, 3.05) is 17.6 Å². The van der Waals surface area contributed by atoms with E-state index in [2.05, 4.69) is 16.9 Å². The van der Waals surface area contributed by atoms with E-state index < -0.39 is 0 Å². The van der Waals surface area contributed by atoms with Gasteiger partial charge in [0.25, 0.3) is 0 Å². The predicted molar refractivity (Wildman–Crippen MR) is 56.7 cm³/mol. The van der Waals surface area contributed by atoms with Gasteiger partial charge in [-0.05, 0) is 25.0 Å². The Hall–Kier alpha value is -1.51. The van der Waals surface area contributed by atoms with Crippen LogP contribution in [0.25, 0.3) is 0 Å². The first-order chi connectivity index (χ1) is 6.24. The van der Waals surface area contributed by atoms with Crippen molar-refractivity contribution < 1.29 is 0 Å². The number of nitrogens with zero attached hydrogens (tertiary/aromatic N) is 1. The van der Waals surface area contributed by atoms with Crippen LogP contribution >= 0.6 is 0 Å². The Morgan fingerprint density at radius 1 is 1.62 bits per heavy atom. The molecule has 13 heavy (non-hydrogen) atoms. The fraction of sp³-hybridized carbons (Fsp3) is 0.300. The predicted octanol–water partition coefficient (Wildman–Crippen LogP) is 1.96. The molecule has 3 N–H and O–H groups in total. The number of hydrogen-bond acceptors (Lipinski definition) is 3. The van der Waals surface area contributed by atoms with E-state index in [-0.39, 0.29) is 0 Å². The van der Waals surface area contributed by atoms with Crippen LogP contribution in [0.3, 0.4) is 0 Å². The SMILES string of the molecule is C=CCCNc1nc(N)ccc1C. The lowest BCUT2D eigenvalue weighted by Gasteiger charge is -2.07. The summed E-state index contributed by atoms with van der Waals surface area (Å²) in [6, 6.07) is 3.76. The Labute approximate surface area is 78.7 Å². The molecule has 0 aliphatic heterocycles. The molecule has 70 valence electrons. The second-order valence-corrected chi connectivity index (χ2v) is 2.91. The van der Waals surface area contributed by atoms with Crippen LogP contribution in [0.1, 0.15) is 12.0 Å². The van der Waals surface area contributed by atoms with Crippen LogP contribution in [0, 0.1) is 6.92 Å². The van der Waals surface area contributed by atoms with Gasteiger partial charge < -0.3 is 11.1 Å². The van der Waals surface area contributed by atoms with Gasteiger partial charge in [0.2, 0.25) is 0 Å². The van der Waals surface area contributed by atoms with Crippen molar-refractivity contribution in [2.24, 2.45) is 0 Å².